The van der Waals surface area contributed by atoms with Crippen molar-refractivity contribution in [3.63, 3.8) is 0 Å². The molecular weight excluding hydrogens is 476 g/mol. The van der Waals surface area contributed by atoms with Crippen molar-refractivity contribution in [1.29, 1.82) is 0 Å². The highest BCUT2D eigenvalue weighted by Crippen LogP contribution is 2.39. The smallest absolute Gasteiger partial charge is 0.245 e. The Bertz CT molecular complexity index is 1240. The van der Waals surface area contributed by atoms with Gasteiger partial charge in [-0.05, 0) is 49.9 Å². The molecule has 3 heterocycles. The molecule has 1 saturated heterocycles. The van der Waals surface area contributed by atoms with Crippen LogP contribution in [0.3, 0.4) is 0 Å². The van der Waals surface area contributed by atoms with E-state index in [1.54, 1.807) is 13.8 Å². The standard InChI is InChI=1S/C28H34N4O3.ClH/c1-27(2,29)26(34)31-23(17-20-18-30-22-9-5-4-8-21(20)22)25(33)32-15-13-28(14-16-32)12-11-19-7-3-6-10-24(19)35-28;/h3-10,18,23,30H,11-17,29H2,1-2H3,(H,31,34);1H. The number of aromatic amines is 1. The zero-order valence-electron chi connectivity index (χ0n) is 20.9. The molecular formula is C28H35ClN4O3. The molecule has 0 aliphatic carbocycles. The van der Waals surface area contributed by atoms with Gasteiger partial charge in [0.05, 0.1) is 5.54 Å². The van der Waals surface area contributed by atoms with E-state index >= 15 is 0 Å². The van der Waals surface area contributed by atoms with Gasteiger partial charge < -0.3 is 25.7 Å². The largest absolute Gasteiger partial charge is 0.487 e. The number of fused-ring (bicyclic) bond motifs is 2. The first-order chi connectivity index (χ1) is 16.7. The minimum Gasteiger partial charge on any atom is -0.487 e. The maximum Gasteiger partial charge on any atom is 0.245 e. The number of benzene rings is 2. The summed E-state index contributed by atoms with van der Waals surface area (Å²) in [5, 5.41) is 3.99. The second kappa shape index (κ2) is 10.1. The monoisotopic (exact) mass is 510 g/mol. The number of piperidine rings is 1. The number of carbonyl (C=O) groups excluding carboxylic acids is 2. The van der Waals surface area contributed by atoms with Crippen molar-refractivity contribution in [3.8, 4) is 5.75 Å². The first-order valence-electron chi connectivity index (χ1n) is 12.4. The second-order valence-electron chi connectivity index (χ2n) is 10.5. The number of para-hydroxylation sites is 2. The Morgan fingerprint density at radius 1 is 1.11 bits per heavy atom. The Balaban J connectivity index is 0.00000304. The number of aryl methyl sites for hydroxylation is 1. The molecule has 2 aliphatic heterocycles. The molecule has 8 heteroatoms. The fourth-order valence-corrected chi connectivity index (χ4v) is 5.23. The number of halogens is 1. The minimum atomic E-state index is -1.08. The van der Waals surface area contributed by atoms with E-state index in [0.29, 0.717) is 19.5 Å². The van der Waals surface area contributed by atoms with Crippen LogP contribution in [0.5, 0.6) is 5.75 Å². The third-order valence-corrected chi connectivity index (χ3v) is 7.42. The summed E-state index contributed by atoms with van der Waals surface area (Å²) < 4.78 is 6.46. The number of amides is 2. The number of hydrogen-bond acceptors (Lipinski definition) is 4. The molecule has 7 nitrogen and oxygen atoms in total. The molecule has 1 spiro atoms. The van der Waals surface area contributed by atoms with Crippen molar-refractivity contribution >= 4 is 35.1 Å². The van der Waals surface area contributed by atoms with Crippen molar-refractivity contribution in [1.82, 2.24) is 15.2 Å². The Hall–Kier alpha value is -3.03. The van der Waals surface area contributed by atoms with Crippen LogP contribution in [0.2, 0.25) is 0 Å². The zero-order chi connectivity index (χ0) is 24.6. The molecule has 3 aromatic rings. The number of rotatable bonds is 5. The topological polar surface area (TPSA) is 100 Å². The van der Waals surface area contributed by atoms with Gasteiger partial charge in [0.15, 0.2) is 0 Å². The van der Waals surface area contributed by atoms with Gasteiger partial charge in [-0.25, -0.2) is 0 Å². The average Bonchev–Trinajstić information content (AvgIpc) is 3.26. The fraction of sp³-hybridized carbons (Fsp3) is 0.429. The molecule has 192 valence electrons. The van der Waals surface area contributed by atoms with E-state index in [9.17, 15) is 9.59 Å². The lowest BCUT2D eigenvalue weighted by molar-refractivity contribution is -0.140. The summed E-state index contributed by atoms with van der Waals surface area (Å²) in [5.74, 6) is 0.559. The van der Waals surface area contributed by atoms with Gasteiger partial charge in [0.1, 0.15) is 17.4 Å². The first kappa shape index (κ1) is 26.0. The number of ether oxygens (including phenoxy) is 1. The van der Waals surface area contributed by atoms with E-state index in [0.717, 1.165) is 47.9 Å². The van der Waals surface area contributed by atoms with Crippen LogP contribution in [0.1, 0.15) is 44.2 Å². The summed E-state index contributed by atoms with van der Waals surface area (Å²) >= 11 is 0. The molecule has 2 amide bonds. The summed E-state index contributed by atoms with van der Waals surface area (Å²) in [6.07, 6.45) is 5.84. The molecule has 4 N–H and O–H groups in total. The van der Waals surface area contributed by atoms with Crippen LogP contribution in [0, 0.1) is 0 Å². The van der Waals surface area contributed by atoms with Gasteiger partial charge >= 0.3 is 0 Å². The highest BCUT2D eigenvalue weighted by Gasteiger charge is 2.41. The van der Waals surface area contributed by atoms with E-state index in [-0.39, 0.29) is 29.8 Å². The minimum absolute atomic E-state index is 0. The maximum absolute atomic E-state index is 13.7. The molecule has 1 unspecified atom stereocenters. The number of nitrogens with zero attached hydrogens (tertiary/aromatic N) is 1. The van der Waals surface area contributed by atoms with Gasteiger partial charge in [0.25, 0.3) is 0 Å². The first-order valence-corrected chi connectivity index (χ1v) is 12.4. The maximum atomic E-state index is 13.7. The lowest BCUT2D eigenvalue weighted by Gasteiger charge is -2.45. The lowest BCUT2D eigenvalue weighted by Crippen LogP contribution is -2.59. The molecule has 5 rings (SSSR count). The predicted octanol–water partition coefficient (Wildman–Crippen LogP) is 3.74. The predicted molar refractivity (Wildman–Crippen MR) is 143 cm³/mol. The highest BCUT2D eigenvalue weighted by molar-refractivity contribution is 5.92. The molecule has 1 fully saturated rings. The van der Waals surface area contributed by atoms with Crippen molar-refractivity contribution in [2.24, 2.45) is 5.73 Å². The molecule has 2 aromatic carbocycles. The van der Waals surface area contributed by atoms with Crippen LogP contribution in [-0.4, -0.2) is 52.0 Å². The lowest BCUT2D eigenvalue weighted by atomic mass is 9.83. The van der Waals surface area contributed by atoms with E-state index in [1.165, 1.54) is 5.56 Å². The van der Waals surface area contributed by atoms with Gasteiger partial charge in [0.2, 0.25) is 11.8 Å². The number of nitrogens with one attached hydrogen (secondary N) is 2. The van der Waals surface area contributed by atoms with E-state index in [1.807, 2.05) is 53.6 Å². The SMILES string of the molecule is CC(C)(N)C(=O)NC(Cc1c[nH]c2ccccc12)C(=O)N1CCC2(CCc3ccccc3O2)CC1.Cl. The van der Waals surface area contributed by atoms with Crippen molar-refractivity contribution < 1.29 is 14.3 Å². The molecule has 1 atom stereocenters. The van der Waals surface area contributed by atoms with Gasteiger partial charge in [-0.2, -0.15) is 0 Å². The van der Waals surface area contributed by atoms with Crippen LogP contribution < -0.4 is 15.8 Å². The number of likely N-dealkylation sites (tertiary alicyclic amines) is 1. The van der Waals surface area contributed by atoms with E-state index in [2.05, 4.69) is 16.4 Å². The van der Waals surface area contributed by atoms with Crippen LogP contribution in [0.4, 0.5) is 0 Å². The number of H-pyrrole nitrogens is 1. The van der Waals surface area contributed by atoms with Gasteiger partial charge in [-0.15, -0.1) is 12.4 Å². The van der Waals surface area contributed by atoms with Crippen LogP contribution in [-0.2, 0) is 22.4 Å². The third-order valence-electron chi connectivity index (χ3n) is 7.42. The molecule has 36 heavy (non-hydrogen) atoms. The average molecular weight is 511 g/mol. The fourth-order valence-electron chi connectivity index (χ4n) is 5.23. The Labute approximate surface area is 218 Å². The molecule has 1 aromatic heterocycles. The molecule has 2 aliphatic rings. The quantitative estimate of drug-likeness (QED) is 0.486. The summed E-state index contributed by atoms with van der Waals surface area (Å²) in [5.41, 5.74) is 8.00. The van der Waals surface area contributed by atoms with Gasteiger partial charge in [-0.1, -0.05) is 36.4 Å². The van der Waals surface area contributed by atoms with Crippen LogP contribution in [0.15, 0.2) is 54.7 Å². The Kier molecular flexibility index (Phi) is 7.34. The number of carbonyl (C=O) groups is 2. The van der Waals surface area contributed by atoms with Gasteiger partial charge in [0, 0.05) is 49.5 Å². The molecule has 0 saturated carbocycles. The van der Waals surface area contributed by atoms with Crippen LogP contribution >= 0.6 is 12.4 Å². The number of nitrogens with two attached hydrogens (primary N) is 1. The number of hydrogen-bond donors (Lipinski definition) is 3. The normalized spacial score (nSPS) is 17.6. The van der Waals surface area contributed by atoms with E-state index < -0.39 is 11.6 Å². The summed E-state index contributed by atoms with van der Waals surface area (Å²) in [6.45, 7) is 4.51. The van der Waals surface area contributed by atoms with Crippen molar-refractivity contribution in [3.05, 3.63) is 65.9 Å². The molecule has 0 radical (unpaired) electrons. The van der Waals surface area contributed by atoms with Crippen molar-refractivity contribution in [2.75, 3.05) is 13.1 Å². The zero-order valence-corrected chi connectivity index (χ0v) is 21.7. The van der Waals surface area contributed by atoms with Gasteiger partial charge in [-0.3, -0.25) is 9.59 Å². The summed E-state index contributed by atoms with van der Waals surface area (Å²) in [4.78, 5) is 31.6. The van der Waals surface area contributed by atoms with E-state index in [4.69, 9.17) is 10.5 Å². The third kappa shape index (κ3) is 5.22. The highest BCUT2D eigenvalue weighted by atomic mass is 35.5. The Morgan fingerprint density at radius 3 is 2.56 bits per heavy atom. The summed E-state index contributed by atoms with van der Waals surface area (Å²) in [7, 11) is 0. The second-order valence-corrected chi connectivity index (χ2v) is 10.5. The molecule has 0 bridgehead atoms. The Morgan fingerprint density at radius 2 is 1.81 bits per heavy atom. The van der Waals surface area contributed by atoms with Crippen molar-refractivity contribution in [2.45, 2.75) is 63.1 Å². The summed E-state index contributed by atoms with van der Waals surface area (Å²) in [6, 6.07) is 15.5. The number of aromatic nitrogens is 1. The van der Waals surface area contributed by atoms with Crippen LogP contribution in [0.25, 0.3) is 10.9 Å².